The SMILES string of the molecule is CCNC(=O)Nc1ccc(-c2cc(C3CNCCS3)c3nc(C4CNCCO4)sc3c2)cc1. The van der Waals surface area contributed by atoms with Crippen LogP contribution in [-0.2, 0) is 4.74 Å². The molecule has 3 heterocycles. The van der Waals surface area contributed by atoms with Crippen molar-refractivity contribution in [2.75, 3.05) is 50.4 Å². The number of benzene rings is 2. The fourth-order valence-electron chi connectivity index (χ4n) is 4.19. The van der Waals surface area contributed by atoms with Gasteiger partial charge in [0, 0.05) is 49.4 Å². The Morgan fingerprint density at radius 3 is 2.73 bits per heavy atom. The molecule has 0 aliphatic carbocycles. The lowest BCUT2D eigenvalue weighted by atomic mass is 10.00. The number of nitrogens with one attached hydrogen (secondary N) is 4. The van der Waals surface area contributed by atoms with Crippen molar-refractivity contribution in [3.63, 3.8) is 0 Å². The normalized spacial score (nSPS) is 21.1. The molecule has 0 saturated carbocycles. The van der Waals surface area contributed by atoms with Crippen molar-refractivity contribution in [1.82, 2.24) is 20.9 Å². The monoisotopic (exact) mass is 483 g/mol. The van der Waals surface area contributed by atoms with E-state index in [1.54, 1.807) is 11.3 Å². The zero-order valence-electron chi connectivity index (χ0n) is 18.6. The lowest BCUT2D eigenvalue weighted by Gasteiger charge is -2.23. The highest BCUT2D eigenvalue weighted by Gasteiger charge is 2.25. The average Bonchev–Trinajstić information content (AvgIpc) is 3.29. The third-order valence-corrected chi connectivity index (χ3v) is 8.19. The molecule has 7 nitrogen and oxygen atoms in total. The Morgan fingerprint density at radius 2 is 2.00 bits per heavy atom. The Balaban J connectivity index is 1.49. The predicted molar refractivity (Wildman–Crippen MR) is 137 cm³/mol. The molecule has 2 saturated heterocycles. The summed E-state index contributed by atoms with van der Waals surface area (Å²) in [6.45, 7) is 6.92. The van der Waals surface area contributed by atoms with E-state index < -0.39 is 0 Å². The maximum Gasteiger partial charge on any atom is 0.319 e. The summed E-state index contributed by atoms with van der Waals surface area (Å²) in [5, 5.41) is 14.0. The molecule has 2 aliphatic heterocycles. The van der Waals surface area contributed by atoms with Gasteiger partial charge in [-0.1, -0.05) is 12.1 Å². The average molecular weight is 484 g/mol. The second-order valence-corrected chi connectivity index (χ2v) is 10.5. The number of carbonyl (C=O) groups is 1. The number of hydrogen-bond donors (Lipinski definition) is 4. The van der Waals surface area contributed by atoms with E-state index in [0.717, 1.165) is 60.3 Å². The van der Waals surface area contributed by atoms with Crippen molar-refractivity contribution < 1.29 is 9.53 Å². The molecular formula is C24H29N5O2S2. The molecule has 0 radical (unpaired) electrons. The predicted octanol–water partition coefficient (Wildman–Crippen LogP) is 4.14. The van der Waals surface area contributed by atoms with E-state index in [0.29, 0.717) is 11.8 Å². The molecule has 2 unspecified atom stereocenters. The maximum absolute atomic E-state index is 11.8. The summed E-state index contributed by atoms with van der Waals surface area (Å²) in [6, 6.07) is 12.4. The number of hydrogen-bond acceptors (Lipinski definition) is 7. The first-order chi connectivity index (χ1) is 16.2. The quantitative estimate of drug-likeness (QED) is 0.436. The van der Waals surface area contributed by atoms with Crippen molar-refractivity contribution in [3.8, 4) is 11.1 Å². The standard InChI is InChI=1S/C24H29N5O2S2/c1-2-27-24(30)28-17-5-3-15(4-6-17)16-11-18(21-14-26-8-10-32-21)22-20(12-16)33-23(29-22)19-13-25-7-9-31-19/h3-6,11-12,19,21,25-26H,2,7-10,13-14H2,1H3,(H2,27,28,30). The minimum Gasteiger partial charge on any atom is -0.368 e. The van der Waals surface area contributed by atoms with Crippen LogP contribution in [0, 0.1) is 0 Å². The van der Waals surface area contributed by atoms with E-state index in [1.165, 1.54) is 15.8 Å². The zero-order chi connectivity index (χ0) is 22.6. The van der Waals surface area contributed by atoms with Crippen molar-refractivity contribution in [3.05, 3.63) is 47.0 Å². The number of anilines is 1. The molecular weight excluding hydrogens is 454 g/mol. The largest absolute Gasteiger partial charge is 0.368 e. The number of fused-ring (bicyclic) bond motifs is 1. The summed E-state index contributed by atoms with van der Waals surface area (Å²) in [6.07, 6.45) is 0.0178. The number of thioether (sulfide) groups is 1. The van der Waals surface area contributed by atoms with Crippen molar-refractivity contribution >= 4 is 45.0 Å². The van der Waals surface area contributed by atoms with Crippen LogP contribution in [0.15, 0.2) is 36.4 Å². The van der Waals surface area contributed by atoms with Crippen LogP contribution in [-0.4, -0.2) is 56.1 Å². The molecule has 9 heteroatoms. The summed E-state index contributed by atoms with van der Waals surface area (Å²) in [4.78, 5) is 16.9. The van der Waals surface area contributed by atoms with Gasteiger partial charge in [0.15, 0.2) is 0 Å². The van der Waals surface area contributed by atoms with Crippen LogP contribution in [0.1, 0.15) is 28.8 Å². The third kappa shape index (κ3) is 5.17. The number of rotatable bonds is 5. The first-order valence-corrected chi connectivity index (χ1v) is 13.3. The van der Waals surface area contributed by atoms with E-state index in [2.05, 4.69) is 45.5 Å². The number of thiazole rings is 1. The van der Waals surface area contributed by atoms with Crippen LogP contribution in [0.4, 0.5) is 10.5 Å². The summed E-state index contributed by atoms with van der Waals surface area (Å²) < 4.78 is 7.18. The molecule has 2 fully saturated rings. The van der Waals surface area contributed by atoms with E-state index >= 15 is 0 Å². The van der Waals surface area contributed by atoms with Gasteiger partial charge in [0.05, 0.1) is 16.8 Å². The molecule has 5 rings (SSSR count). The van der Waals surface area contributed by atoms with E-state index in [4.69, 9.17) is 9.72 Å². The first kappa shape index (κ1) is 22.6. The van der Waals surface area contributed by atoms with Crippen LogP contribution in [0.2, 0.25) is 0 Å². The Morgan fingerprint density at radius 1 is 1.15 bits per heavy atom. The zero-order valence-corrected chi connectivity index (χ0v) is 20.3. The molecule has 1 aromatic heterocycles. The maximum atomic E-state index is 11.8. The van der Waals surface area contributed by atoms with Crippen LogP contribution in [0.3, 0.4) is 0 Å². The molecule has 0 bridgehead atoms. The van der Waals surface area contributed by atoms with Gasteiger partial charge in [0.25, 0.3) is 0 Å². The smallest absolute Gasteiger partial charge is 0.319 e. The third-order valence-electron chi connectivity index (χ3n) is 5.83. The number of urea groups is 1. The molecule has 4 N–H and O–H groups in total. The van der Waals surface area contributed by atoms with Crippen LogP contribution >= 0.6 is 23.1 Å². The number of ether oxygens (including phenoxy) is 1. The molecule has 2 amide bonds. The van der Waals surface area contributed by atoms with Crippen molar-refractivity contribution in [1.29, 1.82) is 0 Å². The van der Waals surface area contributed by atoms with E-state index in [-0.39, 0.29) is 12.1 Å². The minimum atomic E-state index is -0.188. The molecule has 3 aromatic rings. The van der Waals surface area contributed by atoms with E-state index in [9.17, 15) is 4.79 Å². The van der Waals surface area contributed by atoms with Gasteiger partial charge >= 0.3 is 6.03 Å². The summed E-state index contributed by atoms with van der Waals surface area (Å²) in [7, 11) is 0. The summed E-state index contributed by atoms with van der Waals surface area (Å²) >= 11 is 3.73. The van der Waals surface area contributed by atoms with Crippen molar-refractivity contribution in [2.24, 2.45) is 0 Å². The fraction of sp³-hybridized carbons (Fsp3) is 0.417. The van der Waals surface area contributed by atoms with Crippen LogP contribution in [0.5, 0.6) is 0 Å². The molecule has 33 heavy (non-hydrogen) atoms. The van der Waals surface area contributed by atoms with E-state index in [1.807, 2.05) is 30.8 Å². The number of nitrogens with zero attached hydrogens (tertiary/aromatic N) is 1. The highest BCUT2D eigenvalue weighted by Crippen LogP contribution is 2.41. The molecule has 2 aromatic carbocycles. The number of amides is 2. The van der Waals surface area contributed by atoms with Gasteiger partial charge in [-0.05, 0) is 47.9 Å². The Labute approximate surface area is 202 Å². The second kappa shape index (κ2) is 10.4. The molecule has 174 valence electrons. The summed E-state index contributed by atoms with van der Waals surface area (Å²) in [5.74, 6) is 1.10. The minimum absolute atomic E-state index is 0.0178. The number of carbonyl (C=O) groups excluding carboxylic acids is 1. The molecule has 0 spiro atoms. The van der Waals surface area contributed by atoms with Gasteiger partial charge in [-0.25, -0.2) is 9.78 Å². The second-order valence-electron chi connectivity index (χ2n) is 8.15. The van der Waals surface area contributed by atoms with Gasteiger partial charge in [-0.15, -0.1) is 11.3 Å². The van der Waals surface area contributed by atoms with Gasteiger partial charge in [-0.2, -0.15) is 11.8 Å². The Kier molecular flexibility index (Phi) is 7.13. The van der Waals surface area contributed by atoms with Crippen LogP contribution in [0.25, 0.3) is 21.3 Å². The Hall–Kier alpha value is -2.17. The topological polar surface area (TPSA) is 87.3 Å². The first-order valence-electron chi connectivity index (χ1n) is 11.5. The highest BCUT2D eigenvalue weighted by molar-refractivity contribution is 7.99. The van der Waals surface area contributed by atoms with Gasteiger partial charge in [0.1, 0.15) is 11.1 Å². The number of morpholine rings is 1. The lowest BCUT2D eigenvalue weighted by molar-refractivity contribution is 0.0277. The van der Waals surface area contributed by atoms with Gasteiger partial charge in [0.2, 0.25) is 0 Å². The number of aromatic nitrogens is 1. The molecule has 2 atom stereocenters. The summed E-state index contributed by atoms with van der Waals surface area (Å²) in [5.41, 5.74) is 5.46. The van der Waals surface area contributed by atoms with Crippen LogP contribution < -0.4 is 21.3 Å². The Bertz CT molecular complexity index is 1110. The van der Waals surface area contributed by atoms with Crippen molar-refractivity contribution in [2.45, 2.75) is 18.3 Å². The fourth-order valence-corrected chi connectivity index (χ4v) is 6.43. The molecule has 2 aliphatic rings. The van der Waals surface area contributed by atoms with Gasteiger partial charge < -0.3 is 26.0 Å². The van der Waals surface area contributed by atoms with Gasteiger partial charge in [-0.3, -0.25) is 0 Å². The highest BCUT2D eigenvalue weighted by atomic mass is 32.2. The lowest BCUT2D eigenvalue weighted by Crippen LogP contribution is -2.33.